The first-order valence-corrected chi connectivity index (χ1v) is 5.89. The molecule has 2 aliphatic rings. The van der Waals surface area contributed by atoms with Crippen LogP contribution in [0.15, 0.2) is 24.3 Å². The van der Waals surface area contributed by atoms with Gasteiger partial charge in [0.1, 0.15) is 5.75 Å². The molecule has 2 heterocycles. The van der Waals surface area contributed by atoms with Gasteiger partial charge in [-0.05, 0) is 19.4 Å². The molecule has 3 nitrogen and oxygen atoms in total. The van der Waals surface area contributed by atoms with Crippen molar-refractivity contribution in [3.63, 3.8) is 0 Å². The topological polar surface area (TPSA) is 27.7 Å². The van der Waals surface area contributed by atoms with Crippen LogP contribution in [0.5, 0.6) is 5.75 Å². The molecule has 0 amide bonds. The van der Waals surface area contributed by atoms with Crippen LogP contribution in [-0.2, 0) is 9.47 Å². The third-order valence-electron chi connectivity index (χ3n) is 3.29. The van der Waals surface area contributed by atoms with Crippen molar-refractivity contribution >= 4 is 0 Å². The Morgan fingerprint density at radius 1 is 1.38 bits per heavy atom. The van der Waals surface area contributed by atoms with Crippen molar-refractivity contribution in [2.24, 2.45) is 5.92 Å². The van der Waals surface area contributed by atoms with Gasteiger partial charge in [0.2, 0.25) is 6.29 Å². The minimum Gasteiger partial charge on any atom is -0.464 e. The summed E-state index contributed by atoms with van der Waals surface area (Å²) in [6.07, 6.45) is 1.03. The summed E-state index contributed by atoms with van der Waals surface area (Å²) >= 11 is 0. The van der Waals surface area contributed by atoms with Gasteiger partial charge in [-0.1, -0.05) is 18.2 Å². The summed E-state index contributed by atoms with van der Waals surface area (Å²) in [6.45, 7) is 3.53. The largest absolute Gasteiger partial charge is 0.464 e. The van der Waals surface area contributed by atoms with Gasteiger partial charge in [-0.3, -0.25) is 0 Å². The monoisotopic (exact) mass is 220 g/mol. The fourth-order valence-corrected chi connectivity index (χ4v) is 2.57. The number of fused-ring (bicyclic) bond motifs is 2. The molecule has 1 saturated heterocycles. The van der Waals surface area contributed by atoms with Gasteiger partial charge in [-0.15, -0.1) is 0 Å². The second-order valence-corrected chi connectivity index (χ2v) is 4.22. The molecule has 3 atom stereocenters. The zero-order valence-electron chi connectivity index (χ0n) is 9.39. The van der Waals surface area contributed by atoms with Crippen molar-refractivity contribution in [3.05, 3.63) is 29.8 Å². The highest BCUT2D eigenvalue weighted by atomic mass is 16.7. The van der Waals surface area contributed by atoms with E-state index in [4.69, 9.17) is 14.2 Å². The minimum absolute atomic E-state index is 0.119. The van der Waals surface area contributed by atoms with Crippen LogP contribution in [0, 0.1) is 5.92 Å². The van der Waals surface area contributed by atoms with E-state index in [1.807, 2.05) is 25.1 Å². The predicted molar refractivity (Wildman–Crippen MR) is 59.3 cm³/mol. The lowest BCUT2D eigenvalue weighted by atomic mass is 9.91. The zero-order valence-corrected chi connectivity index (χ0v) is 9.39. The highest BCUT2D eigenvalue weighted by molar-refractivity contribution is 5.37. The fourth-order valence-electron chi connectivity index (χ4n) is 2.57. The van der Waals surface area contributed by atoms with Crippen molar-refractivity contribution < 1.29 is 14.2 Å². The van der Waals surface area contributed by atoms with Crippen molar-refractivity contribution in [3.8, 4) is 5.75 Å². The molecule has 0 unspecified atom stereocenters. The van der Waals surface area contributed by atoms with E-state index < -0.39 is 0 Å². The summed E-state index contributed by atoms with van der Waals surface area (Å²) in [6, 6.07) is 8.09. The van der Waals surface area contributed by atoms with Crippen LogP contribution in [0.25, 0.3) is 0 Å². The van der Waals surface area contributed by atoms with E-state index in [2.05, 4.69) is 6.07 Å². The lowest BCUT2D eigenvalue weighted by Crippen LogP contribution is -2.34. The first-order valence-electron chi connectivity index (χ1n) is 5.89. The number of hydrogen-bond donors (Lipinski definition) is 0. The number of benzene rings is 1. The molecule has 3 rings (SSSR count). The van der Waals surface area contributed by atoms with Crippen molar-refractivity contribution in [1.82, 2.24) is 0 Å². The summed E-state index contributed by atoms with van der Waals surface area (Å²) < 4.78 is 17.3. The average molecular weight is 220 g/mol. The molecule has 0 aromatic heterocycles. The van der Waals surface area contributed by atoms with E-state index in [1.165, 1.54) is 0 Å². The van der Waals surface area contributed by atoms with Gasteiger partial charge in [0.15, 0.2) is 0 Å². The molecule has 1 aromatic rings. The van der Waals surface area contributed by atoms with Gasteiger partial charge in [0.25, 0.3) is 0 Å². The number of rotatable bonds is 2. The Morgan fingerprint density at radius 3 is 3.12 bits per heavy atom. The Labute approximate surface area is 95.3 Å². The standard InChI is InChI=1S/C13H16O3/c1-2-14-12-9-5-3-4-6-11(9)16-13-10(12)7-8-15-13/h3-6,10,12-13H,2,7-8H2,1H3/t10-,12-,13+/m1/s1. The van der Waals surface area contributed by atoms with Crippen LogP contribution in [0.1, 0.15) is 25.0 Å². The number of para-hydroxylation sites is 1. The summed E-state index contributed by atoms with van der Waals surface area (Å²) in [7, 11) is 0. The van der Waals surface area contributed by atoms with Crippen molar-refractivity contribution in [1.29, 1.82) is 0 Å². The third kappa shape index (κ3) is 1.51. The molecule has 1 fully saturated rings. The van der Waals surface area contributed by atoms with Gasteiger partial charge in [-0.25, -0.2) is 0 Å². The molecule has 16 heavy (non-hydrogen) atoms. The maximum Gasteiger partial charge on any atom is 0.205 e. The quantitative estimate of drug-likeness (QED) is 0.766. The molecule has 3 heteroatoms. The van der Waals surface area contributed by atoms with Gasteiger partial charge < -0.3 is 14.2 Å². The average Bonchev–Trinajstić information content (AvgIpc) is 2.77. The highest BCUT2D eigenvalue weighted by Gasteiger charge is 2.42. The molecular formula is C13H16O3. The maximum absolute atomic E-state index is 5.86. The Kier molecular flexibility index (Phi) is 2.58. The highest BCUT2D eigenvalue weighted by Crippen LogP contribution is 2.44. The maximum atomic E-state index is 5.86. The summed E-state index contributed by atoms with van der Waals surface area (Å²) in [5.74, 6) is 1.25. The number of ether oxygens (including phenoxy) is 3. The van der Waals surface area contributed by atoms with Crippen LogP contribution >= 0.6 is 0 Å². The van der Waals surface area contributed by atoms with E-state index >= 15 is 0 Å². The molecule has 2 aliphatic heterocycles. The molecule has 1 aromatic carbocycles. The van der Waals surface area contributed by atoms with Crippen LogP contribution in [0.3, 0.4) is 0 Å². The Morgan fingerprint density at radius 2 is 2.25 bits per heavy atom. The molecule has 86 valence electrons. The van der Waals surface area contributed by atoms with E-state index in [-0.39, 0.29) is 12.4 Å². The lowest BCUT2D eigenvalue weighted by molar-refractivity contribution is -0.118. The van der Waals surface area contributed by atoms with E-state index in [9.17, 15) is 0 Å². The molecule has 0 radical (unpaired) electrons. The molecule has 0 spiro atoms. The van der Waals surface area contributed by atoms with Crippen molar-refractivity contribution in [2.75, 3.05) is 13.2 Å². The molecular weight excluding hydrogens is 204 g/mol. The SMILES string of the molecule is CCO[C@@H]1c2ccccc2O[C@@H]2OCC[C@@H]21. The summed E-state index contributed by atoms with van der Waals surface area (Å²) in [4.78, 5) is 0. The zero-order chi connectivity index (χ0) is 11.0. The molecule has 0 bridgehead atoms. The van der Waals surface area contributed by atoms with Crippen LogP contribution in [0.2, 0.25) is 0 Å². The Bertz CT molecular complexity index is 377. The predicted octanol–water partition coefficient (Wildman–Crippen LogP) is 2.52. The van der Waals surface area contributed by atoms with E-state index in [1.54, 1.807) is 0 Å². The van der Waals surface area contributed by atoms with E-state index in [0.717, 1.165) is 30.9 Å². The van der Waals surface area contributed by atoms with Crippen LogP contribution < -0.4 is 4.74 Å². The molecule has 0 saturated carbocycles. The van der Waals surface area contributed by atoms with Gasteiger partial charge in [-0.2, -0.15) is 0 Å². The van der Waals surface area contributed by atoms with Gasteiger partial charge in [0, 0.05) is 12.2 Å². The second kappa shape index (κ2) is 4.07. The lowest BCUT2D eigenvalue weighted by Gasteiger charge is -2.34. The van der Waals surface area contributed by atoms with Gasteiger partial charge >= 0.3 is 0 Å². The van der Waals surface area contributed by atoms with Crippen LogP contribution in [-0.4, -0.2) is 19.5 Å². The van der Waals surface area contributed by atoms with Crippen LogP contribution in [0.4, 0.5) is 0 Å². The van der Waals surface area contributed by atoms with Crippen molar-refractivity contribution in [2.45, 2.75) is 25.7 Å². The molecule has 0 N–H and O–H groups in total. The minimum atomic E-state index is -0.119. The summed E-state index contributed by atoms with van der Waals surface area (Å²) in [5.41, 5.74) is 1.16. The van der Waals surface area contributed by atoms with E-state index in [0.29, 0.717) is 5.92 Å². The molecule has 0 aliphatic carbocycles. The normalized spacial score (nSPS) is 31.7. The summed E-state index contributed by atoms with van der Waals surface area (Å²) in [5, 5.41) is 0. The Hall–Kier alpha value is -1.06. The first-order chi connectivity index (χ1) is 7.90. The fraction of sp³-hybridized carbons (Fsp3) is 0.538. The van der Waals surface area contributed by atoms with Gasteiger partial charge in [0.05, 0.1) is 18.6 Å². The first kappa shape index (κ1) is 10.1. The Balaban J connectivity index is 1.98. The second-order valence-electron chi connectivity index (χ2n) is 4.22. The smallest absolute Gasteiger partial charge is 0.205 e. The number of hydrogen-bond acceptors (Lipinski definition) is 3. The third-order valence-corrected chi connectivity index (χ3v) is 3.29.